The molecule has 25 heavy (non-hydrogen) atoms. The minimum Gasteiger partial charge on any atom is -0.496 e. The predicted molar refractivity (Wildman–Crippen MR) is 95.8 cm³/mol. The van der Waals surface area contributed by atoms with Gasteiger partial charge in [-0.3, -0.25) is 9.78 Å². The summed E-state index contributed by atoms with van der Waals surface area (Å²) in [6.45, 7) is 2.02. The van der Waals surface area contributed by atoms with Crippen molar-refractivity contribution in [1.82, 2.24) is 9.97 Å². The van der Waals surface area contributed by atoms with Crippen LogP contribution in [0.4, 0.5) is 9.52 Å². The molecule has 0 aliphatic heterocycles. The zero-order chi connectivity index (χ0) is 17.6. The number of halogens is 1. The quantitative estimate of drug-likeness (QED) is 0.767. The Balaban J connectivity index is 1.73. The molecule has 5 nitrogen and oxygen atoms in total. The lowest BCUT2D eigenvalue weighted by molar-refractivity contribution is -0.117. The predicted octanol–water partition coefficient (Wildman–Crippen LogP) is 3.97. The van der Waals surface area contributed by atoms with Gasteiger partial charge in [0, 0.05) is 29.6 Å². The molecule has 3 aromatic rings. The first-order valence-electron chi connectivity index (χ1n) is 7.91. The van der Waals surface area contributed by atoms with Gasteiger partial charge in [-0.15, -0.1) is 0 Å². The average Bonchev–Trinajstić information content (AvgIpc) is 3.20. The third kappa shape index (κ3) is 2.95. The molecular weight excluding hydrogens is 341 g/mol. The van der Waals surface area contributed by atoms with Gasteiger partial charge in [0.05, 0.1) is 23.2 Å². The van der Waals surface area contributed by atoms with E-state index in [1.165, 1.54) is 11.3 Å². The number of nitrogens with zero attached hydrogens (tertiary/aromatic N) is 2. The lowest BCUT2D eigenvalue weighted by atomic mass is 10.0. The Kier molecular flexibility index (Phi) is 3.88. The molecule has 7 heteroatoms. The number of benzene rings is 1. The summed E-state index contributed by atoms with van der Waals surface area (Å²) in [4.78, 5) is 20.5. The standard InChI is InChI=1S/C18H16FN3O2S/c1-9-3-4-20-8-12(9)10-6-16-14(7-15(10)24-2)21-18(25-16)22-17(23)11-5-13(11)19/h3-4,6-8,11,13H,5H2,1-2H3,(H,21,22,23). The topological polar surface area (TPSA) is 64.1 Å². The molecule has 1 aliphatic rings. The number of carbonyl (C=O) groups excluding carboxylic acids is 1. The SMILES string of the molecule is COc1cc2nc(NC(=O)C3CC3F)sc2cc1-c1cnccc1C. The van der Waals surface area contributed by atoms with E-state index in [0.717, 1.165) is 26.9 Å². The lowest BCUT2D eigenvalue weighted by Crippen LogP contribution is -2.14. The molecule has 0 spiro atoms. The summed E-state index contributed by atoms with van der Waals surface area (Å²) in [5.41, 5.74) is 3.73. The Hall–Kier alpha value is -2.54. The van der Waals surface area contributed by atoms with Crippen molar-refractivity contribution >= 4 is 32.6 Å². The lowest BCUT2D eigenvalue weighted by Gasteiger charge is -2.10. The monoisotopic (exact) mass is 357 g/mol. The largest absolute Gasteiger partial charge is 0.496 e. The molecule has 128 valence electrons. The van der Waals surface area contributed by atoms with Crippen molar-refractivity contribution < 1.29 is 13.9 Å². The van der Waals surface area contributed by atoms with Crippen LogP contribution in [0, 0.1) is 12.8 Å². The molecule has 1 N–H and O–H groups in total. The minimum absolute atomic E-state index is 0.301. The molecule has 2 atom stereocenters. The van der Waals surface area contributed by atoms with E-state index in [1.54, 1.807) is 19.5 Å². The minimum atomic E-state index is -1.02. The maximum Gasteiger partial charge on any atom is 0.232 e. The van der Waals surface area contributed by atoms with Gasteiger partial charge in [-0.1, -0.05) is 11.3 Å². The smallest absolute Gasteiger partial charge is 0.232 e. The van der Waals surface area contributed by atoms with E-state index in [-0.39, 0.29) is 5.91 Å². The highest BCUT2D eigenvalue weighted by molar-refractivity contribution is 7.22. The average molecular weight is 357 g/mol. The van der Waals surface area contributed by atoms with Crippen molar-refractivity contribution in [1.29, 1.82) is 0 Å². The fourth-order valence-corrected chi connectivity index (χ4v) is 3.66. The van der Waals surface area contributed by atoms with Crippen LogP contribution in [0.3, 0.4) is 0 Å². The van der Waals surface area contributed by atoms with Gasteiger partial charge in [0.25, 0.3) is 0 Å². The molecule has 0 saturated heterocycles. The van der Waals surface area contributed by atoms with Crippen LogP contribution in [0.1, 0.15) is 12.0 Å². The Bertz CT molecular complexity index is 972. The molecule has 2 unspecified atom stereocenters. The van der Waals surface area contributed by atoms with Crippen LogP contribution in [0.25, 0.3) is 21.3 Å². The molecule has 1 aromatic carbocycles. The Morgan fingerprint density at radius 1 is 1.40 bits per heavy atom. The van der Waals surface area contributed by atoms with E-state index >= 15 is 0 Å². The number of methoxy groups -OCH3 is 1. The zero-order valence-corrected chi connectivity index (χ0v) is 14.6. The van der Waals surface area contributed by atoms with Crippen LogP contribution in [0.5, 0.6) is 5.75 Å². The summed E-state index contributed by atoms with van der Waals surface area (Å²) < 4.78 is 19.4. The number of thiazole rings is 1. The number of carbonyl (C=O) groups is 1. The number of rotatable bonds is 4. The Morgan fingerprint density at radius 3 is 2.88 bits per heavy atom. The number of alkyl halides is 1. The van der Waals surface area contributed by atoms with Crippen LogP contribution < -0.4 is 10.1 Å². The molecule has 1 fully saturated rings. The van der Waals surface area contributed by atoms with Gasteiger partial charge in [0.15, 0.2) is 5.13 Å². The van der Waals surface area contributed by atoms with Gasteiger partial charge in [-0.25, -0.2) is 9.37 Å². The van der Waals surface area contributed by atoms with Gasteiger partial charge < -0.3 is 10.1 Å². The van der Waals surface area contributed by atoms with E-state index in [1.807, 2.05) is 25.1 Å². The second-order valence-corrected chi connectivity index (χ2v) is 7.11. The van der Waals surface area contributed by atoms with Crippen molar-refractivity contribution in [3.8, 4) is 16.9 Å². The third-order valence-corrected chi connectivity index (χ3v) is 5.25. The summed E-state index contributed by atoms with van der Waals surface area (Å²) >= 11 is 1.36. The van der Waals surface area contributed by atoms with Crippen molar-refractivity contribution in [3.05, 3.63) is 36.2 Å². The Morgan fingerprint density at radius 2 is 2.20 bits per heavy atom. The summed E-state index contributed by atoms with van der Waals surface area (Å²) in [6.07, 6.45) is 2.83. The van der Waals surface area contributed by atoms with E-state index < -0.39 is 12.1 Å². The van der Waals surface area contributed by atoms with Crippen LogP contribution in [-0.2, 0) is 4.79 Å². The number of ether oxygens (including phenoxy) is 1. The molecule has 2 heterocycles. The summed E-state index contributed by atoms with van der Waals surface area (Å²) in [5, 5.41) is 3.18. The van der Waals surface area contributed by atoms with Gasteiger partial charge >= 0.3 is 0 Å². The van der Waals surface area contributed by atoms with E-state index in [9.17, 15) is 9.18 Å². The number of aromatic nitrogens is 2. The molecule has 1 saturated carbocycles. The summed E-state index contributed by atoms with van der Waals surface area (Å²) in [5.74, 6) is -0.144. The summed E-state index contributed by atoms with van der Waals surface area (Å²) in [7, 11) is 1.61. The maximum atomic E-state index is 13.0. The van der Waals surface area contributed by atoms with Gasteiger partial charge in [0.2, 0.25) is 5.91 Å². The molecule has 2 aromatic heterocycles. The van der Waals surface area contributed by atoms with E-state index in [2.05, 4.69) is 15.3 Å². The zero-order valence-electron chi connectivity index (χ0n) is 13.7. The maximum absolute atomic E-state index is 13.0. The second-order valence-electron chi connectivity index (χ2n) is 6.08. The Labute approximate surface area is 147 Å². The number of fused-ring (bicyclic) bond motifs is 1. The van der Waals surface area contributed by atoms with Gasteiger partial charge in [-0.2, -0.15) is 0 Å². The van der Waals surface area contributed by atoms with Crippen molar-refractivity contribution in [2.45, 2.75) is 19.5 Å². The molecule has 1 amide bonds. The number of aryl methyl sites for hydroxylation is 1. The van der Waals surface area contributed by atoms with Gasteiger partial charge in [-0.05, 0) is 31.0 Å². The molecule has 0 bridgehead atoms. The van der Waals surface area contributed by atoms with Crippen LogP contribution in [0.2, 0.25) is 0 Å². The fraction of sp³-hybridized carbons (Fsp3) is 0.278. The normalized spacial score (nSPS) is 19.0. The number of pyridine rings is 1. The van der Waals surface area contributed by atoms with Crippen molar-refractivity contribution in [2.75, 3.05) is 12.4 Å². The molecular formula is C18H16FN3O2S. The highest BCUT2D eigenvalue weighted by Crippen LogP contribution is 2.39. The first-order valence-corrected chi connectivity index (χ1v) is 8.73. The third-order valence-electron chi connectivity index (χ3n) is 4.32. The highest BCUT2D eigenvalue weighted by atomic mass is 32.1. The number of anilines is 1. The number of amides is 1. The second kappa shape index (κ2) is 6.07. The first kappa shape index (κ1) is 16.0. The molecule has 1 aliphatic carbocycles. The fourth-order valence-electron chi connectivity index (χ4n) is 2.77. The van der Waals surface area contributed by atoms with Crippen molar-refractivity contribution in [3.63, 3.8) is 0 Å². The van der Waals surface area contributed by atoms with Crippen LogP contribution >= 0.6 is 11.3 Å². The molecule has 0 radical (unpaired) electrons. The van der Waals surface area contributed by atoms with Gasteiger partial charge in [0.1, 0.15) is 11.9 Å². The number of hydrogen-bond acceptors (Lipinski definition) is 5. The number of hydrogen-bond donors (Lipinski definition) is 1. The van der Waals surface area contributed by atoms with Crippen LogP contribution in [-0.4, -0.2) is 29.2 Å². The van der Waals surface area contributed by atoms with E-state index in [4.69, 9.17) is 4.74 Å². The number of nitrogens with one attached hydrogen (secondary N) is 1. The molecule has 4 rings (SSSR count). The summed E-state index contributed by atoms with van der Waals surface area (Å²) in [6, 6.07) is 5.78. The highest BCUT2D eigenvalue weighted by Gasteiger charge is 2.43. The van der Waals surface area contributed by atoms with E-state index in [0.29, 0.717) is 17.3 Å². The first-order chi connectivity index (χ1) is 12.1. The van der Waals surface area contributed by atoms with Crippen LogP contribution in [0.15, 0.2) is 30.6 Å². The van der Waals surface area contributed by atoms with Crippen molar-refractivity contribution in [2.24, 2.45) is 5.92 Å².